The van der Waals surface area contributed by atoms with Gasteiger partial charge in [0.15, 0.2) is 0 Å². The second-order valence-corrected chi connectivity index (χ2v) is 3.52. The predicted octanol–water partition coefficient (Wildman–Crippen LogP) is 2.63. The fourth-order valence-electron chi connectivity index (χ4n) is 1.42. The first kappa shape index (κ1) is 10.7. The van der Waals surface area contributed by atoms with Crippen LogP contribution in [-0.2, 0) is 4.79 Å². The van der Waals surface area contributed by atoms with Crippen LogP contribution < -0.4 is 0 Å². The normalized spacial score (nSPS) is 12.6. The lowest BCUT2D eigenvalue weighted by molar-refractivity contribution is -0.138. The van der Waals surface area contributed by atoms with E-state index in [1.807, 2.05) is 0 Å². The van der Waals surface area contributed by atoms with Crippen molar-refractivity contribution in [1.82, 2.24) is 0 Å². The van der Waals surface area contributed by atoms with Crippen molar-refractivity contribution in [3.63, 3.8) is 0 Å². The fourth-order valence-corrected chi connectivity index (χ4v) is 1.42. The number of carbonyl (C=O) groups is 1. The lowest BCUT2D eigenvalue weighted by Crippen LogP contribution is -2.10. The molecule has 0 saturated carbocycles. The molecule has 0 aliphatic carbocycles. The number of aliphatic carboxylic acids is 1. The number of halogens is 1. The van der Waals surface area contributed by atoms with Crippen molar-refractivity contribution in [2.75, 3.05) is 0 Å². The van der Waals surface area contributed by atoms with Gasteiger partial charge in [0.2, 0.25) is 0 Å². The molecule has 0 aliphatic rings. The van der Waals surface area contributed by atoms with Gasteiger partial charge in [0, 0.05) is 0 Å². The Bertz CT molecular complexity index is 372. The summed E-state index contributed by atoms with van der Waals surface area (Å²) in [4.78, 5) is 10.8. The van der Waals surface area contributed by atoms with Crippen molar-refractivity contribution in [3.8, 4) is 0 Å². The molecule has 0 aromatic heterocycles. The zero-order chi connectivity index (χ0) is 10.9. The SMILES string of the molecule is Cc1cc(F)c(C)c(C(C)C(=O)O)c1. The third-order valence-corrected chi connectivity index (χ3v) is 2.37. The van der Waals surface area contributed by atoms with Gasteiger partial charge in [0.05, 0.1) is 5.92 Å². The molecule has 0 aliphatic heterocycles. The summed E-state index contributed by atoms with van der Waals surface area (Å²) in [5.74, 6) is -1.93. The Morgan fingerprint density at radius 3 is 2.50 bits per heavy atom. The minimum absolute atomic E-state index is 0.340. The van der Waals surface area contributed by atoms with Crippen molar-refractivity contribution >= 4 is 5.97 Å². The molecule has 0 amide bonds. The molecule has 1 aromatic carbocycles. The van der Waals surface area contributed by atoms with Crippen molar-refractivity contribution in [3.05, 3.63) is 34.6 Å². The van der Waals surface area contributed by atoms with Gasteiger partial charge in [0.1, 0.15) is 5.82 Å². The minimum Gasteiger partial charge on any atom is -0.481 e. The highest BCUT2D eigenvalue weighted by atomic mass is 19.1. The van der Waals surface area contributed by atoms with Crippen molar-refractivity contribution in [2.45, 2.75) is 26.7 Å². The summed E-state index contributed by atoms with van der Waals surface area (Å²) in [6.07, 6.45) is 0. The first-order chi connectivity index (χ1) is 6.43. The van der Waals surface area contributed by atoms with Gasteiger partial charge in [-0.3, -0.25) is 4.79 Å². The van der Waals surface area contributed by atoms with Gasteiger partial charge in [0.25, 0.3) is 0 Å². The summed E-state index contributed by atoms with van der Waals surface area (Å²) in [5.41, 5.74) is 1.72. The van der Waals surface area contributed by atoms with Crippen LogP contribution in [-0.4, -0.2) is 11.1 Å². The van der Waals surface area contributed by atoms with Gasteiger partial charge in [-0.1, -0.05) is 6.07 Å². The first-order valence-electron chi connectivity index (χ1n) is 4.43. The number of hydrogen-bond donors (Lipinski definition) is 1. The van der Waals surface area contributed by atoms with Crippen molar-refractivity contribution < 1.29 is 14.3 Å². The van der Waals surface area contributed by atoms with Crippen LogP contribution in [0.3, 0.4) is 0 Å². The monoisotopic (exact) mass is 196 g/mol. The van der Waals surface area contributed by atoms with E-state index in [1.54, 1.807) is 26.8 Å². The molecule has 1 atom stereocenters. The molecule has 3 heteroatoms. The topological polar surface area (TPSA) is 37.3 Å². The lowest BCUT2D eigenvalue weighted by atomic mass is 9.94. The van der Waals surface area contributed by atoms with E-state index in [1.165, 1.54) is 6.07 Å². The van der Waals surface area contributed by atoms with E-state index in [0.29, 0.717) is 11.1 Å². The molecular weight excluding hydrogens is 183 g/mol. The quantitative estimate of drug-likeness (QED) is 0.789. The Labute approximate surface area is 82.4 Å². The molecule has 1 aromatic rings. The van der Waals surface area contributed by atoms with Crippen LogP contribution in [0.2, 0.25) is 0 Å². The maximum Gasteiger partial charge on any atom is 0.310 e. The van der Waals surface area contributed by atoms with Crippen LogP contribution in [0.5, 0.6) is 0 Å². The molecule has 0 fully saturated rings. The Hall–Kier alpha value is -1.38. The Kier molecular flexibility index (Phi) is 2.89. The molecule has 76 valence electrons. The average Bonchev–Trinajstić information content (AvgIpc) is 2.09. The highest BCUT2D eigenvalue weighted by molar-refractivity contribution is 5.76. The van der Waals surface area contributed by atoms with Crippen LogP contribution in [0.25, 0.3) is 0 Å². The second-order valence-electron chi connectivity index (χ2n) is 3.52. The number of rotatable bonds is 2. The average molecular weight is 196 g/mol. The van der Waals surface area contributed by atoms with Gasteiger partial charge in [-0.15, -0.1) is 0 Å². The van der Waals surface area contributed by atoms with Gasteiger partial charge in [-0.25, -0.2) is 4.39 Å². The zero-order valence-corrected chi connectivity index (χ0v) is 8.47. The van der Waals surface area contributed by atoms with Crippen LogP contribution in [0.15, 0.2) is 12.1 Å². The molecule has 0 radical (unpaired) electrons. The molecule has 14 heavy (non-hydrogen) atoms. The van der Waals surface area contributed by atoms with E-state index in [-0.39, 0.29) is 5.82 Å². The van der Waals surface area contributed by atoms with Crippen LogP contribution >= 0.6 is 0 Å². The predicted molar refractivity (Wildman–Crippen MR) is 51.9 cm³/mol. The molecule has 0 saturated heterocycles. The second kappa shape index (κ2) is 3.78. The van der Waals surface area contributed by atoms with E-state index in [9.17, 15) is 9.18 Å². The fraction of sp³-hybridized carbons (Fsp3) is 0.364. The molecule has 0 bridgehead atoms. The van der Waals surface area contributed by atoms with Gasteiger partial charge in [-0.2, -0.15) is 0 Å². The maximum atomic E-state index is 13.3. The number of aryl methyl sites for hydroxylation is 1. The molecule has 0 heterocycles. The van der Waals surface area contributed by atoms with Crippen LogP contribution in [0.1, 0.15) is 29.5 Å². The maximum absolute atomic E-state index is 13.3. The molecule has 1 rings (SSSR count). The standard InChI is InChI=1S/C11H13FO2/c1-6-4-9(8(3)11(13)14)7(2)10(12)5-6/h4-5,8H,1-3H3,(H,13,14). The van der Waals surface area contributed by atoms with Gasteiger partial charge in [-0.05, 0) is 43.5 Å². The summed E-state index contributed by atoms with van der Waals surface area (Å²) in [5, 5.41) is 8.82. The molecular formula is C11H13FO2. The van der Waals surface area contributed by atoms with Crippen LogP contribution in [0.4, 0.5) is 4.39 Å². The summed E-state index contributed by atoms with van der Waals surface area (Å²) in [7, 11) is 0. The smallest absolute Gasteiger partial charge is 0.310 e. The number of carboxylic acids is 1. The third-order valence-electron chi connectivity index (χ3n) is 2.37. The minimum atomic E-state index is -0.932. The van der Waals surface area contributed by atoms with Crippen molar-refractivity contribution in [1.29, 1.82) is 0 Å². The summed E-state index contributed by atoms with van der Waals surface area (Å²) in [6, 6.07) is 3.13. The zero-order valence-electron chi connectivity index (χ0n) is 8.47. The van der Waals surface area contributed by atoms with Crippen molar-refractivity contribution in [2.24, 2.45) is 0 Å². The molecule has 0 spiro atoms. The van der Waals surface area contributed by atoms with E-state index in [4.69, 9.17) is 5.11 Å². The van der Waals surface area contributed by atoms with E-state index >= 15 is 0 Å². The van der Waals surface area contributed by atoms with Gasteiger partial charge >= 0.3 is 5.97 Å². The molecule has 2 nitrogen and oxygen atoms in total. The van der Waals surface area contributed by atoms with Crippen LogP contribution in [0, 0.1) is 19.7 Å². The summed E-state index contributed by atoms with van der Waals surface area (Å²) >= 11 is 0. The molecule has 1 N–H and O–H groups in total. The Balaban J connectivity index is 3.26. The lowest BCUT2D eigenvalue weighted by Gasteiger charge is -2.11. The summed E-state index contributed by atoms with van der Waals surface area (Å²) < 4.78 is 13.3. The van der Waals surface area contributed by atoms with E-state index in [0.717, 1.165) is 5.56 Å². The highest BCUT2D eigenvalue weighted by Crippen LogP contribution is 2.23. The largest absolute Gasteiger partial charge is 0.481 e. The van der Waals surface area contributed by atoms with Gasteiger partial charge < -0.3 is 5.11 Å². The van der Waals surface area contributed by atoms with E-state index < -0.39 is 11.9 Å². The molecule has 1 unspecified atom stereocenters. The number of carboxylic acid groups (broad SMARTS) is 1. The highest BCUT2D eigenvalue weighted by Gasteiger charge is 2.17. The number of hydrogen-bond acceptors (Lipinski definition) is 1. The van der Waals surface area contributed by atoms with E-state index in [2.05, 4.69) is 0 Å². The number of benzene rings is 1. The Morgan fingerprint density at radius 1 is 1.43 bits per heavy atom. The third kappa shape index (κ3) is 1.92. The summed E-state index contributed by atoms with van der Waals surface area (Å²) in [6.45, 7) is 4.91. The Morgan fingerprint density at radius 2 is 2.00 bits per heavy atom. The first-order valence-corrected chi connectivity index (χ1v) is 4.43.